The molecule has 1 saturated heterocycles. The SMILES string of the molecule is CC1(C)C[N]CC[C@H]1O. The van der Waals surface area contributed by atoms with Crippen LogP contribution in [0.3, 0.4) is 0 Å². The molecule has 0 aromatic heterocycles. The summed E-state index contributed by atoms with van der Waals surface area (Å²) in [4.78, 5) is 0. The molecule has 1 fully saturated rings. The maximum Gasteiger partial charge on any atom is 0.0616 e. The first-order chi connectivity index (χ1) is 4.13. The van der Waals surface area contributed by atoms with Crippen LogP contribution in [0.1, 0.15) is 20.3 Å². The molecule has 0 spiro atoms. The molecule has 1 heterocycles. The molecule has 0 bridgehead atoms. The average Bonchev–Trinajstić information content (AvgIpc) is 1.77. The van der Waals surface area contributed by atoms with Crippen molar-refractivity contribution in [1.82, 2.24) is 5.32 Å². The van der Waals surface area contributed by atoms with E-state index in [1.54, 1.807) is 0 Å². The summed E-state index contributed by atoms with van der Waals surface area (Å²) in [7, 11) is 0. The van der Waals surface area contributed by atoms with Crippen LogP contribution in [0, 0.1) is 5.41 Å². The lowest BCUT2D eigenvalue weighted by Crippen LogP contribution is -2.42. The minimum Gasteiger partial charge on any atom is -0.392 e. The van der Waals surface area contributed by atoms with Gasteiger partial charge in [-0.15, -0.1) is 0 Å². The van der Waals surface area contributed by atoms with E-state index in [2.05, 4.69) is 19.2 Å². The van der Waals surface area contributed by atoms with Crippen LogP contribution in [0.15, 0.2) is 0 Å². The van der Waals surface area contributed by atoms with Gasteiger partial charge in [0, 0.05) is 18.5 Å². The third-order valence-corrected chi connectivity index (χ3v) is 1.98. The van der Waals surface area contributed by atoms with Crippen molar-refractivity contribution in [2.45, 2.75) is 26.4 Å². The van der Waals surface area contributed by atoms with Crippen LogP contribution in [-0.2, 0) is 0 Å². The van der Waals surface area contributed by atoms with Gasteiger partial charge in [0.15, 0.2) is 0 Å². The van der Waals surface area contributed by atoms with Gasteiger partial charge in [-0.05, 0) is 6.42 Å². The van der Waals surface area contributed by atoms with Gasteiger partial charge in [0.1, 0.15) is 0 Å². The molecule has 2 heteroatoms. The Kier molecular flexibility index (Phi) is 1.78. The second kappa shape index (κ2) is 2.27. The van der Waals surface area contributed by atoms with Crippen LogP contribution in [0.4, 0.5) is 0 Å². The number of piperidine rings is 1. The number of nitrogens with zero attached hydrogens (tertiary/aromatic N) is 1. The van der Waals surface area contributed by atoms with Gasteiger partial charge < -0.3 is 5.11 Å². The lowest BCUT2D eigenvalue weighted by molar-refractivity contribution is 0.0230. The van der Waals surface area contributed by atoms with E-state index in [9.17, 15) is 5.11 Å². The predicted molar refractivity (Wildman–Crippen MR) is 36.3 cm³/mol. The van der Waals surface area contributed by atoms with Gasteiger partial charge in [-0.25, -0.2) is 5.32 Å². The quantitative estimate of drug-likeness (QED) is 0.503. The van der Waals surface area contributed by atoms with Gasteiger partial charge >= 0.3 is 0 Å². The molecule has 0 aromatic carbocycles. The molecule has 1 aliphatic rings. The summed E-state index contributed by atoms with van der Waals surface area (Å²) in [5.41, 5.74) is 0.0260. The maximum atomic E-state index is 9.38. The largest absolute Gasteiger partial charge is 0.392 e. The smallest absolute Gasteiger partial charge is 0.0616 e. The Labute approximate surface area is 56.3 Å². The molecule has 1 N–H and O–H groups in total. The lowest BCUT2D eigenvalue weighted by Gasteiger charge is -2.34. The highest BCUT2D eigenvalue weighted by Crippen LogP contribution is 2.24. The van der Waals surface area contributed by atoms with Crippen LogP contribution in [0.2, 0.25) is 0 Å². The van der Waals surface area contributed by atoms with Gasteiger partial charge in [-0.2, -0.15) is 0 Å². The highest BCUT2D eigenvalue weighted by molar-refractivity contribution is 4.84. The van der Waals surface area contributed by atoms with Crippen LogP contribution < -0.4 is 5.32 Å². The van der Waals surface area contributed by atoms with Gasteiger partial charge in [-0.1, -0.05) is 13.8 Å². The molecule has 0 unspecified atom stereocenters. The van der Waals surface area contributed by atoms with Gasteiger partial charge in [0.2, 0.25) is 0 Å². The van der Waals surface area contributed by atoms with E-state index in [-0.39, 0.29) is 11.5 Å². The minimum atomic E-state index is -0.144. The Hall–Kier alpha value is -0.0800. The van der Waals surface area contributed by atoms with Crippen molar-refractivity contribution >= 4 is 0 Å². The van der Waals surface area contributed by atoms with Crippen molar-refractivity contribution in [2.75, 3.05) is 13.1 Å². The first kappa shape index (κ1) is 7.03. The first-order valence-corrected chi connectivity index (χ1v) is 3.44. The fourth-order valence-corrected chi connectivity index (χ4v) is 1.08. The van der Waals surface area contributed by atoms with Crippen molar-refractivity contribution < 1.29 is 5.11 Å². The molecule has 9 heavy (non-hydrogen) atoms. The summed E-state index contributed by atoms with van der Waals surface area (Å²) in [5, 5.41) is 13.6. The highest BCUT2D eigenvalue weighted by Gasteiger charge is 2.30. The van der Waals surface area contributed by atoms with E-state index in [1.165, 1.54) is 0 Å². The Bertz CT molecular complexity index is 101. The highest BCUT2D eigenvalue weighted by atomic mass is 16.3. The molecule has 0 amide bonds. The van der Waals surface area contributed by atoms with Crippen molar-refractivity contribution in [3.63, 3.8) is 0 Å². The zero-order valence-corrected chi connectivity index (χ0v) is 6.09. The second-order valence-electron chi connectivity index (χ2n) is 3.40. The van der Waals surface area contributed by atoms with E-state index in [0.29, 0.717) is 0 Å². The van der Waals surface area contributed by atoms with E-state index < -0.39 is 0 Å². The number of aliphatic hydroxyl groups is 1. The molecule has 1 aliphatic heterocycles. The summed E-state index contributed by atoms with van der Waals surface area (Å²) in [5.74, 6) is 0. The summed E-state index contributed by atoms with van der Waals surface area (Å²) < 4.78 is 0. The molecule has 1 atom stereocenters. The fraction of sp³-hybridized carbons (Fsp3) is 1.00. The minimum absolute atomic E-state index is 0.0260. The average molecular weight is 128 g/mol. The first-order valence-electron chi connectivity index (χ1n) is 3.44. The number of hydrogen-bond donors (Lipinski definition) is 1. The monoisotopic (exact) mass is 128 g/mol. The van der Waals surface area contributed by atoms with E-state index in [4.69, 9.17) is 0 Å². The second-order valence-corrected chi connectivity index (χ2v) is 3.40. The third kappa shape index (κ3) is 1.43. The molecule has 0 saturated carbocycles. The van der Waals surface area contributed by atoms with Gasteiger partial charge in [-0.3, -0.25) is 0 Å². The maximum absolute atomic E-state index is 9.38. The third-order valence-electron chi connectivity index (χ3n) is 1.98. The lowest BCUT2D eigenvalue weighted by atomic mass is 9.82. The fourth-order valence-electron chi connectivity index (χ4n) is 1.08. The van der Waals surface area contributed by atoms with Crippen LogP contribution in [0.5, 0.6) is 0 Å². The van der Waals surface area contributed by atoms with Crippen LogP contribution in [-0.4, -0.2) is 24.3 Å². The van der Waals surface area contributed by atoms with E-state index in [1.807, 2.05) is 0 Å². The van der Waals surface area contributed by atoms with Crippen molar-refractivity contribution in [3.8, 4) is 0 Å². The zero-order valence-electron chi connectivity index (χ0n) is 6.09. The van der Waals surface area contributed by atoms with Crippen molar-refractivity contribution in [2.24, 2.45) is 5.41 Å². The molecule has 1 rings (SSSR count). The van der Waals surface area contributed by atoms with Gasteiger partial charge in [0.25, 0.3) is 0 Å². The van der Waals surface area contributed by atoms with E-state index >= 15 is 0 Å². The standard InChI is InChI=1S/C7H14NO/c1-7(2)5-8-4-3-6(7)9/h6,9H,3-5H2,1-2H3/t6-/m1/s1. The zero-order chi connectivity index (χ0) is 6.91. The van der Waals surface area contributed by atoms with E-state index in [0.717, 1.165) is 19.5 Å². The molecular weight excluding hydrogens is 114 g/mol. The normalized spacial score (nSPS) is 34.3. The Morgan fingerprint density at radius 2 is 2.22 bits per heavy atom. The Morgan fingerprint density at radius 3 is 2.56 bits per heavy atom. The van der Waals surface area contributed by atoms with Crippen molar-refractivity contribution in [1.29, 1.82) is 0 Å². The summed E-state index contributed by atoms with van der Waals surface area (Å²) >= 11 is 0. The predicted octanol–water partition coefficient (Wildman–Crippen LogP) is 0.382. The summed E-state index contributed by atoms with van der Waals surface area (Å²) in [6, 6.07) is 0. The topological polar surface area (TPSA) is 34.3 Å². The van der Waals surface area contributed by atoms with Crippen LogP contribution in [0.25, 0.3) is 0 Å². The molecule has 0 aliphatic carbocycles. The van der Waals surface area contributed by atoms with Gasteiger partial charge in [0.05, 0.1) is 6.10 Å². The number of hydrogen-bond acceptors (Lipinski definition) is 1. The summed E-state index contributed by atoms with van der Waals surface area (Å²) in [6.07, 6.45) is 0.697. The van der Waals surface area contributed by atoms with Crippen LogP contribution >= 0.6 is 0 Å². The molecule has 2 nitrogen and oxygen atoms in total. The Balaban J connectivity index is 2.49. The van der Waals surface area contributed by atoms with Crippen molar-refractivity contribution in [3.05, 3.63) is 0 Å². The number of aliphatic hydroxyl groups excluding tert-OH is 1. The number of rotatable bonds is 0. The molecule has 1 radical (unpaired) electrons. The molecular formula is C7H14NO. The Morgan fingerprint density at radius 1 is 1.56 bits per heavy atom. The molecule has 53 valence electrons. The summed E-state index contributed by atoms with van der Waals surface area (Å²) in [6.45, 7) is 5.76. The molecule has 0 aromatic rings.